The van der Waals surface area contributed by atoms with Crippen LogP contribution in [0.5, 0.6) is 0 Å². The SMILES string of the molecule is CC1CC(CNC(=O)NCc2ccco2)CCO1. The Kier molecular flexibility index (Phi) is 4.64. The summed E-state index contributed by atoms with van der Waals surface area (Å²) in [6.07, 6.45) is 3.93. The number of hydrogen-bond donors (Lipinski definition) is 2. The Hall–Kier alpha value is -1.49. The molecular formula is C13H20N2O3. The molecule has 2 unspecified atom stereocenters. The van der Waals surface area contributed by atoms with Gasteiger partial charge in [-0.1, -0.05) is 0 Å². The number of urea groups is 1. The number of ether oxygens (including phenoxy) is 1. The van der Waals surface area contributed by atoms with Crippen molar-refractivity contribution in [1.29, 1.82) is 0 Å². The van der Waals surface area contributed by atoms with Crippen molar-refractivity contribution in [3.8, 4) is 0 Å². The lowest BCUT2D eigenvalue weighted by Crippen LogP contribution is -2.39. The van der Waals surface area contributed by atoms with E-state index in [1.54, 1.807) is 12.3 Å². The zero-order valence-electron chi connectivity index (χ0n) is 10.6. The van der Waals surface area contributed by atoms with Crippen LogP contribution in [0, 0.1) is 5.92 Å². The minimum absolute atomic E-state index is 0.148. The fraction of sp³-hybridized carbons (Fsp3) is 0.615. The van der Waals surface area contributed by atoms with E-state index in [9.17, 15) is 4.79 Å². The Bertz CT molecular complexity index is 364. The highest BCUT2D eigenvalue weighted by molar-refractivity contribution is 5.73. The van der Waals surface area contributed by atoms with E-state index in [2.05, 4.69) is 17.6 Å². The number of furan rings is 1. The van der Waals surface area contributed by atoms with Gasteiger partial charge in [-0.2, -0.15) is 0 Å². The Morgan fingerprint density at radius 1 is 1.50 bits per heavy atom. The standard InChI is InChI=1S/C13H20N2O3/c1-10-7-11(4-6-17-10)8-14-13(16)15-9-12-3-2-5-18-12/h2-3,5,10-11H,4,6-9H2,1H3,(H2,14,15,16). The van der Waals surface area contributed by atoms with Crippen LogP contribution < -0.4 is 10.6 Å². The summed E-state index contributed by atoms with van der Waals surface area (Å²) in [5, 5.41) is 5.65. The number of carbonyl (C=O) groups is 1. The average Bonchev–Trinajstić information content (AvgIpc) is 2.87. The second-order valence-corrected chi connectivity index (χ2v) is 4.71. The fourth-order valence-corrected chi connectivity index (χ4v) is 2.16. The maximum absolute atomic E-state index is 11.6. The average molecular weight is 252 g/mol. The number of rotatable bonds is 4. The molecule has 1 aromatic heterocycles. The molecule has 2 N–H and O–H groups in total. The van der Waals surface area contributed by atoms with Crippen LogP contribution in [0.2, 0.25) is 0 Å². The molecular weight excluding hydrogens is 232 g/mol. The van der Waals surface area contributed by atoms with Gasteiger partial charge in [-0.25, -0.2) is 4.79 Å². The highest BCUT2D eigenvalue weighted by Gasteiger charge is 2.19. The van der Waals surface area contributed by atoms with Gasteiger partial charge in [0.25, 0.3) is 0 Å². The van der Waals surface area contributed by atoms with Gasteiger partial charge in [-0.3, -0.25) is 0 Å². The molecule has 18 heavy (non-hydrogen) atoms. The van der Waals surface area contributed by atoms with Crippen LogP contribution in [0.1, 0.15) is 25.5 Å². The molecule has 2 atom stereocenters. The van der Waals surface area contributed by atoms with Crippen LogP contribution >= 0.6 is 0 Å². The minimum Gasteiger partial charge on any atom is -0.467 e. The zero-order valence-corrected chi connectivity index (χ0v) is 10.6. The summed E-state index contributed by atoms with van der Waals surface area (Å²) < 4.78 is 10.6. The largest absolute Gasteiger partial charge is 0.467 e. The summed E-state index contributed by atoms with van der Waals surface area (Å²) >= 11 is 0. The summed E-state index contributed by atoms with van der Waals surface area (Å²) in [6.45, 7) is 3.99. The van der Waals surface area contributed by atoms with E-state index >= 15 is 0 Å². The van der Waals surface area contributed by atoms with E-state index in [1.165, 1.54) is 0 Å². The Balaban J connectivity index is 1.62. The molecule has 0 aromatic carbocycles. The quantitative estimate of drug-likeness (QED) is 0.860. The smallest absolute Gasteiger partial charge is 0.315 e. The van der Waals surface area contributed by atoms with Crippen LogP contribution in [-0.4, -0.2) is 25.3 Å². The molecule has 100 valence electrons. The third-order valence-electron chi connectivity index (χ3n) is 3.15. The van der Waals surface area contributed by atoms with E-state index in [0.717, 1.165) is 25.2 Å². The molecule has 1 aliphatic rings. The minimum atomic E-state index is -0.148. The highest BCUT2D eigenvalue weighted by atomic mass is 16.5. The van der Waals surface area contributed by atoms with E-state index in [0.29, 0.717) is 25.1 Å². The first-order valence-corrected chi connectivity index (χ1v) is 6.39. The zero-order chi connectivity index (χ0) is 12.8. The van der Waals surface area contributed by atoms with Crippen molar-refractivity contribution in [2.45, 2.75) is 32.4 Å². The molecule has 0 aliphatic carbocycles. The molecule has 1 saturated heterocycles. The lowest BCUT2D eigenvalue weighted by Gasteiger charge is -2.27. The highest BCUT2D eigenvalue weighted by Crippen LogP contribution is 2.18. The Labute approximate surface area is 107 Å². The topological polar surface area (TPSA) is 63.5 Å². The van der Waals surface area contributed by atoms with E-state index < -0.39 is 0 Å². The number of amides is 2. The first-order chi connectivity index (χ1) is 8.74. The van der Waals surface area contributed by atoms with Gasteiger partial charge in [0.1, 0.15) is 5.76 Å². The molecule has 2 heterocycles. The van der Waals surface area contributed by atoms with Crippen molar-refractivity contribution in [2.75, 3.05) is 13.2 Å². The van der Waals surface area contributed by atoms with Crippen LogP contribution in [-0.2, 0) is 11.3 Å². The summed E-state index contributed by atoms with van der Waals surface area (Å²) in [4.78, 5) is 11.6. The molecule has 1 aliphatic heterocycles. The third-order valence-corrected chi connectivity index (χ3v) is 3.15. The van der Waals surface area contributed by atoms with Crippen LogP contribution in [0.4, 0.5) is 4.79 Å². The van der Waals surface area contributed by atoms with Gasteiger partial charge < -0.3 is 19.8 Å². The summed E-state index contributed by atoms with van der Waals surface area (Å²) in [6, 6.07) is 3.49. The molecule has 2 rings (SSSR count). The summed E-state index contributed by atoms with van der Waals surface area (Å²) in [7, 11) is 0. The Morgan fingerprint density at radius 3 is 3.11 bits per heavy atom. The van der Waals surface area contributed by atoms with Crippen molar-refractivity contribution < 1.29 is 13.9 Å². The maximum atomic E-state index is 11.6. The lowest BCUT2D eigenvalue weighted by molar-refractivity contribution is 0.00346. The molecule has 0 saturated carbocycles. The predicted octanol–water partition coefficient (Wildman–Crippen LogP) is 1.89. The van der Waals surface area contributed by atoms with Gasteiger partial charge in [0.15, 0.2) is 0 Å². The second-order valence-electron chi connectivity index (χ2n) is 4.71. The molecule has 0 spiro atoms. The van der Waals surface area contributed by atoms with Crippen molar-refractivity contribution in [3.63, 3.8) is 0 Å². The van der Waals surface area contributed by atoms with E-state index in [-0.39, 0.29) is 6.03 Å². The summed E-state index contributed by atoms with van der Waals surface area (Å²) in [5.74, 6) is 1.27. The van der Waals surface area contributed by atoms with Crippen molar-refractivity contribution in [2.24, 2.45) is 5.92 Å². The third kappa shape index (κ3) is 4.07. The van der Waals surface area contributed by atoms with Crippen LogP contribution in [0.15, 0.2) is 22.8 Å². The summed E-state index contributed by atoms with van der Waals surface area (Å²) in [5.41, 5.74) is 0. The second kappa shape index (κ2) is 6.44. The fourth-order valence-electron chi connectivity index (χ4n) is 2.16. The van der Waals surface area contributed by atoms with Gasteiger partial charge in [0, 0.05) is 13.2 Å². The maximum Gasteiger partial charge on any atom is 0.315 e. The van der Waals surface area contributed by atoms with Crippen LogP contribution in [0.25, 0.3) is 0 Å². The van der Waals surface area contributed by atoms with Crippen molar-refractivity contribution >= 4 is 6.03 Å². The van der Waals surface area contributed by atoms with Crippen molar-refractivity contribution in [3.05, 3.63) is 24.2 Å². The van der Waals surface area contributed by atoms with Gasteiger partial charge in [-0.05, 0) is 37.8 Å². The molecule has 5 heteroatoms. The predicted molar refractivity (Wildman–Crippen MR) is 67.1 cm³/mol. The molecule has 0 bridgehead atoms. The molecule has 2 amide bonds. The van der Waals surface area contributed by atoms with E-state index in [4.69, 9.17) is 9.15 Å². The molecule has 0 radical (unpaired) electrons. The lowest BCUT2D eigenvalue weighted by atomic mass is 9.96. The first kappa shape index (κ1) is 13.0. The van der Waals surface area contributed by atoms with Gasteiger partial charge in [0.2, 0.25) is 0 Å². The normalized spacial score (nSPS) is 23.6. The molecule has 1 aromatic rings. The number of hydrogen-bond acceptors (Lipinski definition) is 3. The molecule has 1 fully saturated rings. The van der Waals surface area contributed by atoms with Crippen molar-refractivity contribution in [1.82, 2.24) is 10.6 Å². The Morgan fingerprint density at radius 2 is 2.39 bits per heavy atom. The monoisotopic (exact) mass is 252 g/mol. The molecule has 5 nitrogen and oxygen atoms in total. The van der Waals surface area contributed by atoms with Gasteiger partial charge in [-0.15, -0.1) is 0 Å². The first-order valence-electron chi connectivity index (χ1n) is 6.39. The number of nitrogens with one attached hydrogen (secondary N) is 2. The van der Waals surface area contributed by atoms with Gasteiger partial charge in [0.05, 0.1) is 18.9 Å². The van der Waals surface area contributed by atoms with Gasteiger partial charge >= 0.3 is 6.03 Å². The van der Waals surface area contributed by atoms with E-state index in [1.807, 2.05) is 6.07 Å². The number of carbonyl (C=O) groups excluding carboxylic acids is 1. The van der Waals surface area contributed by atoms with Crippen LogP contribution in [0.3, 0.4) is 0 Å².